The van der Waals surface area contributed by atoms with Gasteiger partial charge in [-0.25, -0.2) is 0 Å². The Balaban J connectivity index is 1.91. The van der Waals surface area contributed by atoms with Crippen LogP contribution >= 0.6 is 22.6 Å². The molecule has 0 bridgehead atoms. The van der Waals surface area contributed by atoms with Gasteiger partial charge >= 0.3 is 0 Å². The maximum atomic E-state index is 10.2. The van der Waals surface area contributed by atoms with Crippen LogP contribution in [0, 0.1) is 21.8 Å². The van der Waals surface area contributed by atoms with E-state index < -0.39 is 12.1 Å². The van der Waals surface area contributed by atoms with Gasteiger partial charge in [-0.3, -0.25) is 0 Å². The molecule has 0 saturated carbocycles. The van der Waals surface area contributed by atoms with Crippen LogP contribution in [0.4, 0.5) is 5.69 Å². The maximum absolute atomic E-state index is 10.2. The van der Waals surface area contributed by atoms with Gasteiger partial charge in [0.15, 0.2) is 0 Å². The van der Waals surface area contributed by atoms with Crippen molar-refractivity contribution in [3.63, 3.8) is 0 Å². The number of nitrogens with zero attached hydrogens (tertiary/aromatic N) is 3. The van der Waals surface area contributed by atoms with Crippen molar-refractivity contribution in [3.8, 4) is 17.5 Å². The highest BCUT2D eigenvalue weighted by molar-refractivity contribution is 14.1. The Hall–Kier alpha value is -2.44. The molecule has 0 aliphatic heterocycles. The molecule has 3 rings (SSSR count). The summed E-state index contributed by atoms with van der Waals surface area (Å²) >= 11 is 2.14. The quantitative estimate of drug-likeness (QED) is 0.558. The Kier molecular flexibility index (Phi) is 5.54. The molecule has 132 valence electrons. The van der Waals surface area contributed by atoms with Crippen molar-refractivity contribution < 1.29 is 9.63 Å². The van der Waals surface area contributed by atoms with Gasteiger partial charge in [0.2, 0.25) is 5.82 Å². The lowest BCUT2D eigenvalue weighted by molar-refractivity contribution is 0.155. The van der Waals surface area contributed by atoms with Crippen LogP contribution in [0.1, 0.15) is 30.0 Å². The first-order chi connectivity index (χ1) is 12.5. The zero-order chi connectivity index (χ0) is 18.7. The zero-order valence-corrected chi connectivity index (χ0v) is 16.4. The summed E-state index contributed by atoms with van der Waals surface area (Å²) in [7, 11) is 0. The van der Waals surface area contributed by atoms with Crippen LogP contribution in [0.3, 0.4) is 0 Å². The number of hydrogen-bond acceptors (Lipinski definition) is 6. The van der Waals surface area contributed by atoms with Gasteiger partial charge < -0.3 is 14.9 Å². The summed E-state index contributed by atoms with van der Waals surface area (Å²) in [6.07, 6.45) is -0.758. The number of halogens is 1. The van der Waals surface area contributed by atoms with E-state index in [2.05, 4.69) is 44.1 Å². The molecule has 0 radical (unpaired) electrons. The highest BCUT2D eigenvalue weighted by Crippen LogP contribution is 2.29. The van der Waals surface area contributed by atoms with Crippen LogP contribution in [0.25, 0.3) is 11.4 Å². The van der Waals surface area contributed by atoms with Gasteiger partial charge in [-0.1, -0.05) is 35.5 Å². The van der Waals surface area contributed by atoms with Crippen molar-refractivity contribution in [3.05, 3.63) is 63.1 Å². The van der Waals surface area contributed by atoms with Crippen molar-refractivity contribution >= 4 is 28.3 Å². The van der Waals surface area contributed by atoms with E-state index in [9.17, 15) is 5.11 Å². The Labute approximate surface area is 165 Å². The molecule has 0 amide bonds. The van der Waals surface area contributed by atoms with Gasteiger partial charge in [-0.15, -0.1) is 0 Å². The smallest absolute Gasteiger partial charge is 0.252 e. The van der Waals surface area contributed by atoms with Crippen molar-refractivity contribution in [1.82, 2.24) is 10.1 Å². The molecule has 0 saturated heterocycles. The summed E-state index contributed by atoms with van der Waals surface area (Å²) in [4.78, 5) is 4.43. The molecule has 2 atom stereocenters. The second-order valence-corrected chi connectivity index (χ2v) is 6.98. The number of aromatic nitrogens is 2. The van der Waals surface area contributed by atoms with Crippen LogP contribution in [0.15, 0.2) is 47.0 Å². The predicted molar refractivity (Wildman–Crippen MR) is 106 cm³/mol. The van der Waals surface area contributed by atoms with Crippen LogP contribution in [0.5, 0.6) is 0 Å². The highest BCUT2D eigenvalue weighted by Gasteiger charge is 2.25. The summed E-state index contributed by atoms with van der Waals surface area (Å²) in [5, 5.41) is 26.6. The molecule has 0 fully saturated rings. The minimum Gasteiger partial charge on any atom is -0.391 e. The first-order valence-electron chi connectivity index (χ1n) is 8.04. The van der Waals surface area contributed by atoms with Gasteiger partial charge in [0.25, 0.3) is 5.89 Å². The van der Waals surface area contributed by atoms with E-state index >= 15 is 0 Å². The number of hydrogen-bond donors (Lipinski definition) is 2. The molecule has 0 spiro atoms. The lowest BCUT2D eigenvalue weighted by atomic mass is 10.1. The molecular weight excluding hydrogens is 443 g/mol. The fraction of sp³-hybridized carbons (Fsp3) is 0.211. The number of rotatable bonds is 5. The van der Waals surface area contributed by atoms with E-state index in [1.165, 1.54) is 0 Å². The second kappa shape index (κ2) is 7.85. The summed E-state index contributed by atoms with van der Waals surface area (Å²) in [6, 6.07) is 14.7. The van der Waals surface area contributed by atoms with Crippen molar-refractivity contribution in [2.45, 2.75) is 26.0 Å². The second-order valence-electron chi connectivity index (χ2n) is 5.90. The van der Waals surface area contributed by atoms with Gasteiger partial charge in [0, 0.05) is 14.8 Å². The third kappa shape index (κ3) is 3.71. The number of aliphatic hydroxyl groups is 1. The monoisotopic (exact) mass is 460 g/mol. The molecule has 6 nitrogen and oxygen atoms in total. The van der Waals surface area contributed by atoms with E-state index in [0.29, 0.717) is 17.3 Å². The van der Waals surface area contributed by atoms with Gasteiger partial charge in [0.1, 0.15) is 12.1 Å². The lowest BCUT2D eigenvalue weighted by Gasteiger charge is -2.21. The average molecular weight is 460 g/mol. The van der Waals surface area contributed by atoms with Gasteiger partial charge in [-0.2, -0.15) is 10.2 Å². The van der Waals surface area contributed by atoms with E-state index in [4.69, 9.17) is 9.78 Å². The van der Waals surface area contributed by atoms with Crippen molar-refractivity contribution in [2.75, 3.05) is 5.32 Å². The highest BCUT2D eigenvalue weighted by atomic mass is 127. The van der Waals surface area contributed by atoms with Crippen LogP contribution in [-0.4, -0.2) is 21.4 Å². The lowest BCUT2D eigenvalue weighted by Crippen LogP contribution is -2.23. The summed E-state index contributed by atoms with van der Waals surface area (Å²) in [5.41, 5.74) is 3.19. The van der Waals surface area contributed by atoms with E-state index in [0.717, 1.165) is 20.4 Å². The van der Waals surface area contributed by atoms with Crippen molar-refractivity contribution in [1.29, 1.82) is 5.26 Å². The molecule has 0 aliphatic carbocycles. The molecule has 3 aromatic rings. The van der Waals surface area contributed by atoms with Crippen LogP contribution < -0.4 is 5.32 Å². The zero-order valence-electron chi connectivity index (χ0n) is 14.3. The Bertz CT molecular complexity index is 948. The normalized spacial score (nSPS) is 13.0. The Morgan fingerprint density at radius 1 is 1.23 bits per heavy atom. The summed E-state index contributed by atoms with van der Waals surface area (Å²) < 4.78 is 6.26. The van der Waals surface area contributed by atoms with E-state index in [1.54, 1.807) is 13.0 Å². The fourth-order valence-electron chi connectivity index (χ4n) is 2.55. The fourth-order valence-corrected chi connectivity index (χ4v) is 3.14. The molecule has 7 heteroatoms. The first-order valence-corrected chi connectivity index (χ1v) is 9.12. The molecule has 2 aromatic carbocycles. The third-order valence-corrected chi connectivity index (χ3v) is 5.43. The summed E-state index contributed by atoms with van der Waals surface area (Å²) in [5.74, 6) is 0.775. The Morgan fingerprint density at radius 3 is 2.62 bits per heavy atom. The van der Waals surface area contributed by atoms with E-state index in [-0.39, 0.29) is 0 Å². The molecule has 1 aromatic heterocycles. The van der Waals surface area contributed by atoms with Crippen LogP contribution in [-0.2, 0) is 0 Å². The third-order valence-electron chi connectivity index (χ3n) is 4.04. The molecule has 1 heterocycles. The number of anilines is 1. The van der Waals surface area contributed by atoms with E-state index in [1.807, 2.05) is 43.3 Å². The number of aliphatic hydroxyl groups excluding tert-OH is 1. The average Bonchev–Trinajstić information content (AvgIpc) is 3.13. The van der Waals surface area contributed by atoms with Gasteiger partial charge in [-0.05, 0) is 54.1 Å². The number of nitrogens with one attached hydrogen (secondary N) is 1. The predicted octanol–water partition coefficient (Wildman–Crippen LogP) is 4.06. The van der Waals surface area contributed by atoms with Crippen LogP contribution in [0.2, 0.25) is 0 Å². The number of benzene rings is 2. The topological polar surface area (TPSA) is 95.0 Å². The molecule has 2 N–H and O–H groups in total. The largest absolute Gasteiger partial charge is 0.391 e. The minimum atomic E-state index is -0.758. The maximum Gasteiger partial charge on any atom is 0.252 e. The minimum absolute atomic E-state index is 0.303. The first kappa shape index (κ1) is 18.4. The summed E-state index contributed by atoms with van der Waals surface area (Å²) in [6.45, 7) is 3.58. The SMILES string of the molecule is Cc1c(N[C@@H](c2nc(-c3ccccc3)no2)[C@@H](C)O)ccc(C#N)c1I. The van der Waals surface area contributed by atoms with Crippen molar-refractivity contribution in [2.24, 2.45) is 0 Å². The molecule has 26 heavy (non-hydrogen) atoms. The Morgan fingerprint density at radius 2 is 1.96 bits per heavy atom. The standard InChI is InChI=1S/C19H17IN4O2/c1-11-15(9-8-14(10-21)16(11)20)22-17(12(2)25)19-23-18(24-26-19)13-6-4-3-5-7-13/h3-9,12,17,22,25H,1-2H3/t12-,17-/m1/s1. The molecular formula is C19H17IN4O2. The number of nitriles is 1. The van der Waals surface area contributed by atoms with Gasteiger partial charge in [0.05, 0.1) is 11.7 Å². The molecule has 0 unspecified atom stereocenters. The molecule has 0 aliphatic rings.